The van der Waals surface area contributed by atoms with Crippen LogP contribution in [0.3, 0.4) is 0 Å². The van der Waals surface area contributed by atoms with E-state index in [0.29, 0.717) is 46.1 Å². The minimum atomic E-state index is -0.995. The molecule has 2 N–H and O–H groups in total. The summed E-state index contributed by atoms with van der Waals surface area (Å²) < 4.78 is 7.42. The summed E-state index contributed by atoms with van der Waals surface area (Å²) in [5.41, 5.74) is 1.29. The second-order valence-corrected chi connectivity index (χ2v) is 11.1. The molecule has 2 unspecified atom stereocenters. The number of hydrogen-bond donors (Lipinski definition) is 2. The maximum Gasteiger partial charge on any atom is 0.207 e. The van der Waals surface area contributed by atoms with E-state index >= 15 is 0 Å². The second kappa shape index (κ2) is 8.17. The molecule has 2 saturated carbocycles. The Kier molecular flexibility index (Phi) is 5.16. The van der Waals surface area contributed by atoms with E-state index in [1.165, 1.54) is 6.20 Å². The number of fused-ring (bicyclic) bond motifs is 1. The third-order valence-corrected chi connectivity index (χ3v) is 7.77. The number of nitriles is 1. The van der Waals surface area contributed by atoms with Crippen LogP contribution in [0.1, 0.15) is 51.5 Å². The zero-order valence-electron chi connectivity index (χ0n) is 20.4. The minimum absolute atomic E-state index is 0.0764. The normalized spacial score (nSPS) is 26.7. The molecule has 0 aromatic carbocycles. The molecule has 2 aliphatic heterocycles. The van der Waals surface area contributed by atoms with Crippen molar-refractivity contribution in [1.29, 1.82) is 5.26 Å². The fraction of sp³-hybridized carbons (Fsp3) is 0.500. The number of aliphatic hydroxyl groups is 1. The van der Waals surface area contributed by atoms with Crippen LogP contribution in [0.2, 0.25) is 0 Å². The number of anilines is 1. The Morgan fingerprint density at radius 1 is 1.25 bits per heavy atom. The van der Waals surface area contributed by atoms with E-state index < -0.39 is 5.60 Å². The smallest absolute Gasteiger partial charge is 0.207 e. The summed E-state index contributed by atoms with van der Waals surface area (Å²) in [5, 5.41) is 27.1. The van der Waals surface area contributed by atoms with E-state index in [-0.39, 0.29) is 12.1 Å². The molecule has 10 heteroatoms. The Labute approximate surface area is 208 Å². The van der Waals surface area contributed by atoms with Crippen LogP contribution in [-0.2, 0) is 4.79 Å². The predicted molar refractivity (Wildman–Crippen MR) is 131 cm³/mol. The summed E-state index contributed by atoms with van der Waals surface area (Å²) in [6.07, 6.45) is 12.8. The molecule has 3 aromatic rings. The number of nitrogens with one attached hydrogen (secondary N) is 1. The molecular weight excluding hydrogens is 458 g/mol. The lowest BCUT2D eigenvalue weighted by molar-refractivity contribution is -0.113. The fourth-order valence-electron chi connectivity index (χ4n) is 6.61. The standard InChI is InChI=1S/C26H29N7O3/c1-25(2,35)14-36-20-5-21(24-17(9-27)10-31-32(24)13-20)22-11-29-23(12-28-22)33-18-3-16-4-19(33)8-26(6-16,7-18)30-15-34/h5,10-13,15-16,18-19,35H,3-4,6-8,14H2,1-2H3,(H,30,34). The molecule has 2 aliphatic carbocycles. The second-order valence-electron chi connectivity index (χ2n) is 11.1. The van der Waals surface area contributed by atoms with Crippen molar-refractivity contribution >= 4 is 17.7 Å². The van der Waals surface area contributed by atoms with Crippen molar-refractivity contribution in [2.24, 2.45) is 5.92 Å². The molecule has 0 spiro atoms. The third kappa shape index (κ3) is 3.84. The highest BCUT2D eigenvalue weighted by Crippen LogP contribution is 2.52. The molecule has 4 fully saturated rings. The summed E-state index contributed by atoms with van der Waals surface area (Å²) in [6, 6.07) is 4.69. The lowest BCUT2D eigenvalue weighted by Crippen LogP contribution is -2.68. The highest BCUT2D eigenvalue weighted by molar-refractivity contribution is 5.83. The van der Waals surface area contributed by atoms with E-state index in [4.69, 9.17) is 14.7 Å². The van der Waals surface area contributed by atoms with Crippen molar-refractivity contribution in [3.63, 3.8) is 0 Å². The lowest BCUT2D eigenvalue weighted by atomic mass is 9.59. The molecule has 4 bridgehead atoms. The van der Waals surface area contributed by atoms with Crippen LogP contribution < -0.4 is 15.0 Å². The van der Waals surface area contributed by atoms with Crippen molar-refractivity contribution in [2.75, 3.05) is 11.5 Å². The number of hydrogen-bond acceptors (Lipinski definition) is 8. The summed E-state index contributed by atoms with van der Waals surface area (Å²) in [4.78, 5) is 23.2. The average Bonchev–Trinajstić information content (AvgIpc) is 3.25. The van der Waals surface area contributed by atoms with E-state index in [1.807, 2.05) is 6.07 Å². The number of amides is 1. The monoisotopic (exact) mass is 487 g/mol. The van der Waals surface area contributed by atoms with Crippen molar-refractivity contribution in [2.45, 2.75) is 69.2 Å². The lowest BCUT2D eigenvalue weighted by Gasteiger charge is -2.61. The molecule has 2 saturated heterocycles. The van der Waals surface area contributed by atoms with Crippen molar-refractivity contribution in [1.82, 2.24) is 24.9 Å². The zero-order valence-corrected chi connectivity index (χ0v) is 20.4. The van der Waals surface area contributed by atoms with Gasteiger partial charge in [0.25, 0.3) is 0 Å². The van der Waals surface area contributed by atoms with Crippen molar-refractivity contribution in [3.8, 4) is 23.1 Å². The highest BCUT2D eigenvalue weighted by atomic mass is 16.5. The number of nitrogens with zero attached hydrogens (tertiary/aromatic N) is 6. The molecule has 5 heterocycles. The average molecular weight is 488 g/mol. The highest BCUT2D eigenvalue weighted by Gasteiger charge is 2.54. The van der Waals surface area contributed by atoms with Gasteiger partial charge in [0.2, 0.25) is 6.41 Å². The van der Waals surface area contributed by atoms with Gasteiger partial charge in [0, 0.05) is 23.2 Å². The Morgan fingerprint density at radius 3 is 2.67 bits per heavy atom. The van der Waals surface area contributed by atoms with E-state index in [9.17, 15) is 15.2 Å². The molecule has 2 atom stereocenters. The largest absolute Gasteiger partial charge is 0.489 e. The zero-order chi connectivity index (χ0) is 25.1. The fourth-order valence-corrected chi connectivity index (χ4v) is 6.61. The summed E-state index contributed by atoms with van der Waals surface area (Å²) in [6.45, 7) is 3.46. The molecule has 1 amide bonds. The number of aromatic nitrogens is 4. The first kappa shape index (κ1) is 22.7. The van der Waals surface area contributed by atoms with E-state index in [1.54, 1.807) is 37.0 Å². The molecule has 36 heavy (non-hydrogen) atoms. The topological polar surface area (TPSA) is 129 Å². The SMILES string of the molecule is CC(C)(O)COc1cc(-c2cnc(N3C4CC5CC3CC(NC=O)(C5)C4)cn2)c2c(C#N)cnn2c1. The minimum Gasteiger partial charge on any atom is -0.489 e. The first-order valence-electron chi connectivity index (χ1n) is 12.4. The van der Waals surface area contributed by atoms with Crippen LogP contribution >= 0.6 is 0 Å². The van der Waals surface area contributed by atoms with Gasteiger partial charge >= 0.3 is 0 Å². The molecule has 7 rings (SSSR count). The molecule has 10 nitrogen and oxygen atoms in total. The first-order chi connectivity index (χ1) is 17.3. The summed E-state index contributed by atoms with van der Waals surface area (Å²) in [7, 11) is 0. The molecule has 0 radical (unpaired) electrons. The van der Waals surface area contributed by atoms with Gasteiger partial charge in [-0.3, -0.25) is 9.78 Å². The molecule has 4 aliphatic rings. The quantitative estimate of drug-likeness (QED) is 0.486. The van der Waals surface area contributed by atoms with Gasteiger partial charge in [-0.1, -0.05) is 0 Å². The van der Waals surface area contributed by atoms with E-state index in [0.717, 1.165) is 44.3 Å². The maximum absolute atomic E-state index is 11.3. The van der Waals surface area contributed by atoms with Gasteiger partial charge in [-0.2, -0.15) is 10.4 Å². The van der Waals surface area contributed by atoms with Crippen LogP contribution in [-0.4, -0.2) is 60.9 Å². The van der Waals surface area contributed by atoms with Crippen LogP contribution in [0.15, 0.2) is 30.9 Å². The van der Waals surface area contributed by atoms with Crippen LogP contribution in [0.4, 0.5) is 5.82 Å². The number of pyridine rings is 1. The first-order valence-corrected chi connectivity index (χ1v) is 12.4. The van der Waals surface area contributed by atoms with Gasteiger partial charge in [-0.15, -0.1) is 0 Å². The Hall–Kier alpha value is -3.71. The van der Waals surface area contributed by atoms with Gasteiger partial charge in [-0.05, 0) is 57.9 Å². The number of ether oxygens (including phenoxy) is 1. The van der Waals surface area contributed by atoms with Crippen LogP contribution in [0.5, 0.6) is 5.75 Å². The molecule has 3 aromatic heterocycles. The number of carbonyl (C=O) groups is 1. The van der Waals surface area contributed by atoms with E-state index in [2.05, 4.69) is 21.4 Å². The number of rotatable bonds is 7. The van der Waals surface area contributed by atoms with Gasteiger partial charge in [0.05, 0.1) is 47.2 Å². The number of piperidine rings is 2. The van der Waals surface area contributed by atoms with Gasteiger partial charge < -0.3 is 20.1 Å². The molecular formula is C26H29N7O3. The Morgan fingerprint density at radius 2 is 2.03 bits per heavy atom. The Bertz CT molecular complexity index is 1340. The van der Waals surface area contributed by atoms with Crippen molar-refractivity contribution < 1.29 is 14.6 Å². The third-order valence-electron chi connectivity index (χ3n) is 7.77. The predicted octanol–water partition coefficient (Wildman–Crippen LogP) is 2.45. The number of carbonyl (C=O) groups excluding carboxylic acids is 1. The molecule has 186 valence electrons. The summed E-state index contributed by atoms with van der Waals surface area (Å²) in [5.74, 6) is 1.99. The van der Waals surface area contributed by atoms with Gasteiger partial charge in [-0.25, -0.2) is 9.50 Å². The maximum atomic E-state index is 11.3. The van der Waals surface area contributed by atoms with Crippen LogP contribution in [0, 0.1) is 17.2 Å². The van der Waals surface area contributed by atoms with Crippen molar-refractivity contribution in [3.05, 3.63) is 36.4 Å². The Balaban J connectivity index is 1.33. The van der Waals surface area contributed by atoms with Gasteiger partial charge in [0.15, 0.2) is 0 Å². The van der Waals surface area contributed by atoms with Gasteiger partial charge in [0.1, 0.15) is 24.2 Å². The summed E-state index contributed by atoms with van der Waals surface area (Å²) >= 11 is 0. The van der Waals surface area contributed by atoms with Crippen LogP contribution in [0.25, 0.3) is 16.8 Å².